The predicted octanol–water partition coefficient (Wildman–Crippen LogP) is 2.44. The van der Waals surface area contributed by atoms with E-state index < -0.39 is 5.97 Å². The van der Waals surface area contributed by atoms with Crippen molar-refractivity contribution in [1.29, 1.82) is 0 Å². The molecular weight excluding hydrogens is 218 g/mol. The molecule has 1 aromatic rings. The molecule has 0 aliphatic carbocycles. The number of carboxylic acids is 1. The van der Waals surface area contributed by atoms with E-state index in [1.807, 2.05) is 0 Å². The number of rotatable bonds is 5. The third-order valence-electron chi connectivity index (χ3n) is 2.05. The maximum atomic E-state index is 10.2. The number of carbonyl (C=O) groups is 2. The van der Waals surface area contributed by atoms with Gasteiger partial charge in [-0.1, -0.05) is 38.0 Å². The average Bonchev–Trinajstić information content (AvgIpc) is 2.31. The van der Waals surface area contributed by atoms with Crippen LogP contribution in [-0.4, -0.2) is 17.0 Å². The van der Waals surface area contributed by atoms with Gasteiger partial charge in [-0.2, -0.15) is 0 Å². The molecule has 0 saturated heterocycles. The summed E-state index contributed by atoms with van der Waals surface area (Å²) in [5, 5.41) is 8.38. The normalized spacial score (nSPS) is 9.00. The lowest BCUT2D eigenvalue weighted by atomic mass is 10.2. The lowest BCUT2D eigenvalue weighted by Crippen LogP contribution is -2.09. The van der Waals surface area contributed by atoms with E-state index in [0.717, 1.165) is 19.3 Å². The molecule has 1 amide bonds. The Labute approximate surface area is 101 Å². The van der Waals surface area contributed by atoms with E-state index in [4.69, 9.17) is 10.8 Å². The number of primary amides is 1. The molecule has 0 atom stereocenters. The number of nitrogens with two attached hydrogens (primary N) is 1. The van der Waals surface area contributed by atoms with Crippen LogP contribution in [0.15, 0.2) is 30.3 Å². The van der Waals surface area contributed by atoms with Gasteiger partial charge in [-0.3, -0.25) is 4.79 Å². The van der Waals surface area contributed by atoms with E-state index in [0.29, 0.717) is 12.0 Å². The van der Waals surface area contributed by atoms with Gasteiger partial charge in [-0.25, -0.2) is 4.79 Å². The van der Waals surface area contributed by atoms with Gasteiger partial charge in [0, 0.05) is 6.42 Å². The molecule has 0 aromatic heterocycles. The minimum atomic E-state index is -0.879. The first-order chi connectivity index (χ1) is 8.07. The Morgan fingerprint density at radius 1 is 1.18 bits per heavy atom. The molecule has 0 aliphatic heterocycles. The summed E-state index contributed by atoms with van der Waals surface area (Å²) in [6, 6.07) is 8.30. The van der Waals surface area contributed by atoms with E-state index >= 15 is 0 Å². The minimum absolute atomic E-state index is 0.182. The molecule has 17 heavy (non-hydrogen) atoms. The highest BCUT2D eigenvalue weighted by molar-refractivity contribution is 5.87. The van der Waals surface area contributed by atoms with Crippen molar-refractivity contribution < 1.29 is 14.7 Å². The van der Waals surface area contributed by atoms with E-state index in [1.165, 1.54) is 0 Å². The van der Waals surface area contributed by atoms with Crippen LogP contribution in [0.1, 0.15) is 43.0 Å². The molecule has 4 heteroatoms. The van der Waals surface area contributed by atoms with Gasteiger partial charge in [0.1, 0.15) is 0 Å². The fourth-order valence-electron chi connectivity index (χ4n) is 1.13. The van der Waals surface area contributed by atoms with Gasteiger partial charge in [0.15, 0.2) is 0 Å². The van der Waals surface area contributed by atoms with Crippen molar-refractivity contribution in [3.63, 3.8) is 0 Å². The molecule has 0 aliphatic rings. The predicted molar refractivity (Wildman–Crippen MR) is 66.7 cm³/mol. The van der Waals surface area contributed by atoms with Crippen molar-refractivity contribution in [2.75, 3.05) is 0 Å². The summed E-state index contributed by atoms with van der Waals surface area (Å²) in [7, 11) is 0. The Morgan fingerprint density at radius 2 is 1.76 bits per heavy atom. The lowest BCUT2D eigenvalue weighted by molar-refractivity contribution is -0.118. The number of aromatic carboxylic acids is 1. The van der Waals surface area contributed by atoms with Gasteiger partial charge in [0.25, 0.3) is 0 Å². The zero-order valence-electron chi connectivity index (χ0n) is 10.1. The summed E-state index contributed by atoms with van der Waals surface area (Å²) >= 11 is 0. The molecule has 0 unspecified atom stereocenters. The van der Waals surface area contributed by atoms with E-state index in [2.05, 4.69) is 6.92 Å². The van der Waals surface area contributed by atoms with Gasteiger partial charge in [-0.15, -0.1) is 0 Å². The molecule has 94 valence electrons. The SMILES string of the molecule is CCCCCC(N)=O.O=C(O)c1ccccc1. The van der Waals surface area contributed by atoms with Crippen LogP contribution in [0, 0.1) is 0 Å². The summed E-state index contributed by atoms with van der Waals surface area (Å²) in [6.45, 7) is 2.10. The highest BCUT2D eigenvalue weighted by atomic mass is 16.4. The van der Waals surface area contributed by atoms with Crippen LogP contribution in [0.4, 0.5) is 0 Å². The topological polar surface area (TPSA) is 80.4 Å². The third-order valence-corrected chi connectivity index (χ3v) is 2.05. The van der Waals surface area contributed by atoms with Crippen molar-refractivity contribution in [3.05, 3.63) is 35.9 Å². The maximum Gasteiger partial charge on any atom is 0.335 e. The molecule has 0 heterocycles. The molecule has 0 saturated carbocycles. The van der Waals surface area contributed by atoms with Gasteiger partial charge in [0.2, 0.25) is 5.91 Å². The zero-order chi connectivity index (χ0) is 13.1. The van der Waals surface area contributed by atoms with Crippen LogP contribution < -0.4 is 5.73 Å². The van der Waals surface area contributed by atoms with Crippen molar-refractivity contribution in [2.24, 2.45) is 5.73 Å². The smallest absolute Gasteiger partial charge is 0.335 e. The molecule has 1 rings (SSSR count). The van der Waals surface area contributed by atoms with Crippen molar-refractivity contribution in [2.45, 2.75) is 32.6 Å². The van der Waals surface area contributed by atoms with Gasteiger partial charge in [-0.05, 0) is 18.6 Å². The molecule has 0 bridgehead atoms. The molecular formula is C13H19NO3. The second-order valence-electron chi connectivity index (χ2n) is 3.59. The average molecular weight is 237 g/mol. The molecule has 0 spiro atoms. The Morgan fingerprint density at radius 3 is 2.12 bits per heavy atom. The highest BCUT2D eigenvalue weighted by Gasteiger charge is 1.96. The quantitative estimate of drug-likeness (QED) is 0.772. The highest BCUT2D eigenvalue weighted by Crippen LogP contribution is 1.96. The molecule has 0 radical (unpaired) electrons. The Hall–Kier alpha value is -1.84. The standard InChI is InChI=1S/C7H6O2.C6H13NO/c8-7(9)6-4-2-1-3-5-6;1-2-3-4-5-6(7)8/h1-5H,(H,8,9);2-5H2,1H3,(H2,7,8). The van der Waals surface area contributed by atoms with Crippen LogP contribution in [0.5, 0.6) is 0 Å². The number of hydrogen-bond donors (Lipinski definition) is 2. The molecule has 0 fully saturated rings. The van der Waals surface area contributed by atoms with Gasteiger partial charge < -0.3 is 10.8 Å². The minimum Gasteiger partial charge on any atom is -0.478 e. The second kappa shape index (κ2) is 9.39. The largest absolute Gasteiger partial charge is 0.478 e. The number of carbonyl (C=O) groups excluding carboxylic acids is 1. The maximum absolute atomic E-state index is 10.2. The number of unbranched alkanes of at least 4 members (excludes halogenated alkanes) is 2. The first-order valence-electron chi connectivity index (χ1n) is 5.64. The Bertz CT molecular complexity index is 336. The zero-order valence-corrected chi connectivity index (χ0v) is 10.1. The fraction of sp³-hybridized carbons (Fsp3) is 0.385. The summed E-state index contributed by atoms with van der Waals surface area (Å²) in [4.78, 5) is 20.3. The number of benzene rings is 1. The van der Waals surface area contributed by atoms with Crippen LogP contribution in [0.25, 0.3) is 0 Å². The van der Waals surface area contributed by atoms with Gasteiger partial charge in [0.05, 0.1) is 5.56 Å². The molecule has 3 N–H and O–H groups in total. The summed E-state index contributed by atoms with van der Waals surface area (Å²) < 4.78 is 0. The fourth-order valence-corrected chi connectivity index (χ4v) is 1.13. The summed E-state index contributed by atoms with van der Waals surface area (Å²) in [5.74, 6) is -1.06. The van der Waals surface area contributed by atoms with Crippen LogP contribution >= 0.6 is 0 Å². The summed E-state index contributed by atoms with van der Waals surface area (Å²) in [5.41, 5.74) is 5.23. The lowest BCUT2D eigenvalue weighted by Gasteiger charge is -1.90. The molecule has 1 aromatic carbocycles. The van der Waals surface area contributed by atoms with Crippen LogP contribution in [-0.2, 0) is 4.79 Å². The number of carboxylic acid groups (broad SMARTS) is 1. The van der Waals surface area contributed by atoms with Gasteiger partial charge >= 0.3 is 5.97 Å². The number of amides is 1. The van der Waals surface area contributed by atoms with E-state index in [9.17, 15) is 9.59 Å². The van der Waals surface area contributed by atoms with E-state index in [-0.39, 0.29) is 5.91 Å². The van der Waals surface area contributed by atoms with Crippen molar-refractivity contribution in [3.8, 4) is 0 Å². The number of hydrogen-bond acceptors (Lipinski definition) is 2. The first-order valence-corrected chi connectivity index (χ1v) is 5.64. The Balaban J connectivity index is 0.000000304. The Kier molecular flexibility index (Phi) is 8.37. The molecule has 4 nitrogen and oxygen atoms in total. The van der Waals surface area contributed by atoms with E-state index in [1.54, 1.807) is 30.3 Å². The summed E-state index contributed by atoms with van der Waals surface area (Å²) in [6.07, 6.45) is 3.76. The third kappa shape index (κ3) is 9.11. The monoisotopic (exact) mass is 237 g/mol. The van der Waals surface area contributed by atoms with Crippen LogP contribution in [0.3, 0.4) is 0 Å². The van der Waals surface area contributed by atoms with Crippen LogP contribution in [0.2, 0.25) is 0 Å². The second-order valence-corrected chi connectivity index (χ2v) is 3.59. The first kappa shape index (κ1) is 15.2. The van der Waals surface area contributed by atoms with Crippen molar-refractivity contribution >= 4 is 11.9 Å². The van der Waals surface area contributed by atoms with Crippen molar-refractivity contribution in [1.82, 2.24) is 0 Å².